The van der Waals surface area contributed by atoms with Gasteiger partial charge >= 0.3 is 0 Å². The van der Waals surface area contributed by atoms with Crippen LogP contribution in [0, 0.1) is 0 Å². The topological polar surface area (TPSA) is 49.6 Å². The number of amides is 1. The van der Waals surface area contributed by atoms with Crippen LogP contribution in [0.5, 0.6) is 0 Å². The van der Waals surface area contributed by atoms with E-state index in [0.717, 1.165) is 6.54 Å². The van der Waals surface area contributed by atoms with Crippen LogP contribution in [0.4, 0.5) is 0 Å². The SMILES string of the molecule is CC(c1ccccc1)N1CC(=O)N(C)C(CN)C1. The first-order valence-corrected chi connectivity index (χ1v) is 6.38. The van der Waals surface area contributed by atoms with Gasteiger partial charge in [0.15, 0.2) is 0 Å². The number of piperazine rings is 1. The third-order valence-corrected chi connectivity index (χ3v) is 3.83. The van der Waals surface area contributed by atoms with E-state index < -0.39 is 0 Å². The molecule has 1 aromatic carbocycles. The molecule has 1 aliphatic heterocycles. The number of carbonyl (C=O) groups is 1. The fourth-order valence-electron chi connectivity index (χ4n) is 2.42. The molecule has 1 saturated heterocycles. The maximum Gasteiger partial charge on any atom is 0.236 e. The minimum absolute atomic E-state index is 0.123. The van der Waals surface area contributed by atoms with Gasteiger partial charge in [-0.25, -0.2) is 0 Å². The maximum absolute atomic E-state index is 11.9. The molecule has 0 saturated carbocycles. The zero-order valence-corrected chi connectivity index (χ0v) is 11.0. The predicted octanol–water partition coefficient (Wildman–Crippen LogP) is 0.849. The van der Waals surface area contributed by atoms with Crippen LogP contribution in [0.2, 0.25) is 0 Å². The van der Waals surface area contributed by atoms with E-state index >= 15 is 0 Å². The molecular weight excluding hydrogens is 226 g/mol. The van der Waals surface area contributed by atoms with Crippen molar-refractivity contribution in [3.63, 3.8) is 0 Å². The molecule has 98 valence electrons. The van der Waals surface area contributed by atoms with Gasteiger partial charge in [0.1, 0.15) is 0 Å². The van der Waals surface area contributed by atoms with Crippen LogP contribution in [0.15, 0.2) is 30.3 Å². The molecule has 1 aromatic rings. The molecule has 4 nitrogen and oxygen atoms in total. The highest BCUT2D eigenvalue weighted by atomic mass is 16.2. The highest BCUT2D eigenvalue weighted by Gasteiger charge is 2.31. The molecule has 1 fully saturated rings. The van der Waals surface area contributed by atoms with Crippen LogP contribution in [0.1, 0.15) is 18.5 Å². The second-order valence-electron chi connectivity index (χ2n) is 4.91. The summed E-state index contributed by atoms with van der Waals surface area (Å²) >= 11 is 0. The van der Waals surface area contributed by atoms with Crippen molar-refractivity contribution in [1.82, 2.24) is 9.80 Å². The monoisotopic (exact) mass is 247 g/mol. The van der Waals surface area contributed by atoms with Crippen molar-refractivity contribution in [3.8, 4) is 0 Å². The second kappa shape index (κ2) is 5.50. The number of likely N-dealkylation sites (N-methyl/N-ethyl adjacent to an activating group) is 1. The Hall–Kier alpha value is -1.39. The lowest BCUT2D eigenvalue weighted by atomic mass is 10.0. The molecule has 2 rings (SSSR count). The lowest BCUT2D eigenvalue weighted by Gasteiger charge is -2.41. The molecule has 2 N–H and O–H groups in total. The van der Waals surface area contributed by atoms with E-state index in [0.29, 0.717) is 13.1 Å². The summed E-state index contributed by atoms with van der Waals surface area (Å²) in [6.07, 6.45) is 0. The van der Waals surface area contributed by atoms with Gasteiger partial charge in [0.05, 0.1) is 12.6 Å². The lowest BCUT2D eigenvalue weighted by molar-refractivity contribution is -0.138. The number of carbonyl (C=O) groups excluding carboxylic acids is 1. The second-order valence-corrected chi connectivity index (χ2v) is 4.91. The molecule has 2 unspecified atom stereocenters. The van der Waals surface area contributed by atoms with Crippen molar-refractivity contribution in [2.75, 3.05) is 26.7 Å². The van der Waals surface area contributed by atoms with Crippen molar-refractivity contribution in [2.24, 2.45) is 5.73 Å². The number of hydrogen-bond acceptors (Lipinski definition) is 3. The fraction of sp³-hybridized carbons (Fsp3) is 0.500. The van der Waals surface area contributed by atoms with Crippen molar-refractivity contribution in [2.45, 2.75) is 19.0 Å². The molecule has 0 bridgehead atoms. The summed E-state index contributed by atoms with van der Waals surface area (Å²) in [6, 6.07) is 10.6. The van der Waals surface area contributed by atoms with Crippen molar-refractivity contribution >= 4 is 5.91 Å². The van der Waals surface area contributed by atoms with E-state index in [1.54, 1.807) is 4.90 Å². The quantitative estimate of drug-likeness (QED) is 0.861. The molecule has 0 spiro atoms. The molecule has 1 heterocycles. The first-order chi connectivity index (χ1) is 8.63. The van der Waals surface area contributed by atoms with Gasteiger partial charge in [-0.05, 0) is 12.5 Å². The Balaban J connectivity index is 2.12. The summed E-state index contributed by atoms with van der Waals surface area (Å²) in [5, 5.41) is 0. The molecule has 1 aliphatic rings. The van der Waals surface area contributed by atoms with Crippen molar-refractivity contribution < 1.29 is 4.79 Å². The minimum Gasteiger partial charge on any atom is -0.339 e. The van der Waals surface area contributed by atoms with Gasteiger partial charge < -0.3 is 10.6 Å². The van der Waals surface area contributed by atoms with Crippen LogP contribution in [0.25, 0.3) is 0 Å². The maximum atomic E-state index is 11.9. The fourth-order valence-corrected chi connectivity index (χ4v) is 2.42. The average molecular weight is 247 g/mol. The summed E-state index contributed by atoms with van der Waals surface area (Å²) in [5.74, 6) is 0.152. The molecule has 0 aliphatic carbocycles. The van der Waals surface area contributed by atoms with Gasteiger partial charge in [-0.3, -0.25) is 9.69 Å². The minimum atomic E-state index is 0.123. The van der Waals surface area contributed by atoms with Gasteiger partial charge in [0.25, 0.3) is 0 Å². The van der Waals surface area contributed by atoms with Gasteiger partial charge in [-0.15, -0.1) is 0 Å². The summed E-state index contributed by atoms with van der Waals surface area (Å²) in [7, 11) is 1.84. The largest absolute Gasteiger partial charge is 0.339 e. The number of nitrogens with zero attached hydrogens (tertiary/aromatic N) is 2. The predicted molar refractivity (Wildman–Crippen MR) is 72.0 cm³/mol. The smallest absolute Gasteiger partial charge is 0.236 e. The van der Waals surface area contributed by atoms with Crippen LogP contribution in [-0.2, 0) is 4.79 Å². The lowest BCUT2D eigenvalue weighted by Crippen LogP contribution is -2.57. The third kappa shape index (κ3) is 2.54. The van der Waals surface area contributed by atoms with E-state index in [9.17, 15) is 4.79 Å². The standard InChI is InChI=1S/C14H21N3O/c1-11(12-6-4-3-5-7-12)17-9-13(8-15)16(2)14(18)10-17/h3-7,11,13H,8-10,15H2,1-2H3. The van der Waals surface area contributed by atoms with E-state index in [2.05, 4.69) is 24.0 Å². The van der Waals surface area contributed by atoms with Crippen molar-refractivity contribution in [1.29, 1.82) is 0 Å². The average Bonchev–Trinajstić information content (AvgIpc) is 2.42. The van der Waals surface area contributed by atoms with Crippen LogP contribution in [0.3, 0.4) is 0 Å². The van der Waals surface area contributed by atoms with Crippen LogP contribution >= 0.6 is 0 Å². The zero-order chi connectivity index (χ0) is 13.1. The molecule has 0 radical (unpaired) electrons. The van der Waals surface area contributed by atoms with Gasteiger partial charge in [0, 0.05) is 26.2 Å². The number of benzene rings is 1. The van der Waals surface area contributed by atoms with Gasteiger partial charge in [-0.2, -0.15) is 0 Å². The number of nitrogens with two attached hydrogens (primary N) is 1. The molecule has 0 aromatic heterocycles. The highest BCUT2D eigenvalue weighted by molar-refractivity contribution is 5.79. The number of rotatable bonds is 3. The summed E-state index contributed by atoms with van der Waals surface area (Å²) in [4.78, 5) is 15.9. The third-order valence-electron chi connectivity index (χ3n) is 3.83. The van der Waals surface area contributed by atoms with E-state index in [1.807, 2.05) is 25.2 Å². The Morgan fingerprint density at radius 1 is 1.39 bits per heavy atom. The summed E-state index contributed by atoms with van der Waals surface area (Å²) in [6.45, 7) is 3.97. The summed E-state index contributed by atoms with van der Waals surface area (Å²) in [5.41, 5.74) is 6.98. The molecule has 18 heavy (non-hydrogen) atoms. The van der Waals surface area contributed by atoms with Gasteiger partial charge in [0.2, 0.25) is 5.91 Å². The molecule has 4 heteroatoms. The van der Waals surface area contributed by atoms with Crippen LogP contribution < -0.4 is 5.73 Å². The Kier molecular flexibility index (Phi) is 3.99. The zero-order valence-electron chi connectivity index (χ0n) is 11.0. The Morgan fingerprint density at radius 3 is 2.67 bits per heavy atom. The first-order valence-electron chi connectivity index (χ1n) is 6.38. The van der Waals surface area contributed by atoms with E-state index in [-0.39, 0.29) is 18.0 Å². The Bertz CT molecular complexity index is 407. The van der Waals surface area contributed by atoms with E-state index in [1.165, 1.54) is 5.56 Å². The Labute approximate surface area is 108 Å². The first kappa shape index (κ1) is 13.1. The molecule has 1 amide bonds. The van der Waals surface area contributed by atoms with Crippen molar-refractivity contribution in [3.05, 3.63) is 35.9 Å². The van der Waals surface area contributed by atoms with E-state index in [4.69, 9.17) is 5.73 Å². The number of hydrogen-bond donors (Lipinski definition) is 1. The molecular formula is C14H21N3O. The molecule has 2 atom stereocenters. The Morgan fingerprint density at radius 2 is 2.06 bits per heavy atom. The summed E-state index contributed by atoms with van der Waals surface area (Å²) < 4.78 is 0. The van der Waals surface area contributed by atoms with Gasteiger partial charge in [-0.1, -0.05) is 30.3 Å². The normalized spacial score (nSPS) is 23.2. The van der Waals surface area contributed by atoms with Crippen LogP contribution in [-0.4, -0.2) is 48.4 Å². The highest BCUT2D eigenvalue weighted by Crippen LogP contribution is 2.22.